The fourth-order valence-electron chi connectivity index (χ4n) is 4.84. The van der Waals surface area contributed by atoms with E-state index in [1.165, 1.54) is 11.1 Å². The Bertz CT molecular complexity index is 773. The Balaban J connectivity index is 1.40. The van der Waals surface area contributed by atoms with E-state index in [2.05, 4.69) is 26.0 Å². The molecule has 152 valence electrons. The van der Waals surface area contributed by atoms with Gasteiger partial charge >= 0.3 is 0 Å². The summed E-state index contributed by atoms with van der Waals surface area (Å²) in [5, 5.41) is 11.1. The highest BCUT2D eigenvalue weighted by Gasteiger charge is 2.47. The van der Waals surface area contributed by atoms with Gasteiger partial charge in [-0.25, -0.2) is 0 Å². The largest absolute Gasteiger partial charge is 0.389 e. The maximum atomic E-state index is 12.9. The van der Waals surface area contributed by atoms with E-state index >= 15 is 0 Å². The first-order valence-corrected chi connectivity index (χ1v) is 10.7. The molecule has 0 bridgehead atoms. The Kier molecular flexibility index (Phi) is 5.21. The number of likely N-dealkylation sites (tertiary alicyclic amines) is 2. The van der Waals surface area contributed by atoms with Crippen LogP contribution in [0.2, 0.25) is 0 Å². The molecule has 1 aromatic rings. The number of hydrogen-bond donors (Lipinski definition) is 1. The van der Waals surface area contributed by atoms with Crippen LogP contribution in [0.3, 0.4) is 0 Å². The van der Waals surface area contributed by atoms with Crippen molar-refractivity contribution in [2.45, 2.75) is 58.0 Å². The van der Waals surface area contributed by atoms with E-state index in [1.54, 1.807) is 0 Å². The topological polar surface area (TPSA) is 60.9 Å². The third-order valence-corrected chi connectivity index (χ3v) is 7.32. The van der Waals surface area contributed by atoms with Gasteiger partial charge in [0.25, 0.3) is 0 Å². The first-order valence-electron chi connectivity index (χ1n) is 10.7. The SMILES string of the molecule is Cc1ccc(CC(=O)N2CC[C@@]3(O)CCN(C(=O)C4CCC4)C[C@H]3C2)cc1C. The normalized spacial score (nSPS) is 27.9. The van der Waals surface area contributed by atoms with Crippen LogP contribution in [0.15, 0.2) is 18.2 Å². The van der Waals surface area contributed by atoms with Gasteiger partial charge in [0.2, 0.25) is 11.8 Å². The van der Waals surface area contributed by atoms with Crippen molar-refractivity contribution in [1.82, 2.24) is 9.80 Å². The molecule has 1 saturated carbocycles. The van der Waals surface area contributed by atoms with Crippen molar-refractivity contribution in [1.29, 1.82) is 0 Å². The van der Waals surface area contributed by atoms with Gasteiger partial charge in [-0.1, -0.05) is 24.6 Å². The number of carbonyl (C=O) groups is 2. The maximum Gasteiger partial charge on any atom is 0.227 e. The lowest BCUT2D eigenvalue weighted by Crippen LogP contribution is -2.62. The number of fused-ring (bicyclic) bond motifs is 1. The molecule has 3 aliphatic rings. The molecule has 2 saturated heterocycles. The molecule has 5 heteroatoms. The molecule has 0 radical (unpaired) electrons. The van der Waals surface area contributed by atoms with Gasteiger partial charge in [-0.3, -0.25) is 9.59 Å². The lowest BCUT2D eigenvalue weighted by molar-refractivity contribution is -0.157. The van der Waals surface area contributed by atoms with Crippen molar-refractivity contribution in [3.8, 4) is 0 Å². The molecule has 0 aromatic heterocycles. The molecule has 0 unspecified atom stereocenters. The summed E-state index contributed by atoms with van der Waals surface area (Å²) in [6.45, 7) is 6.53. The van der Waals surface area contributed by atoms with E-state index < -0.39 is 5.60 Å². The van der Waals surface area contributed by atoms with E-state index in [1.807, 2.05) is 15.9 Å². The Morgan fingerprint density at radius 1 is 1.07 bits per heavy atom. The Morgan fingerprint density at radius 3 is 2.39 bits per heavy atom. The monoisotopic (exact) mass is 384 g/mol. The summed E-state index contributed by atoms with van der Waals surface area (Å²) in [5.41, 5.74) is 2.75. The Labute approximate surface area is 167 Å². The van der Waals surface area contributed by atoms with Gasteiger partial charge in [-0.05, 0) is 56.2 Å². The lowest BCUT2D eigenvalue weighted by Gasteiger charge is -2.51. The lowest BCUT2D eigenvalue weighted by atomic mass is 9.74. The summed E-state index contributed by atoms with van der Waals surface area (Å²) in [5.74, 6) is 0.527. The minimum absolute atomic E-state index is 0.0391. The van der Waals surface area contributed by atoms with Crippen molar-refractivity contribution in [3.63, 3.8) is 0 Å². The summed E-state index contributed by atoms with van der Waals surface area (Å²) >= 11 is 0. The highest BCUT2D eigenvalue weighted by Crippen LogP contribution is 2.37. The van der Waals surface area contributed by atoms with Gasteiger partial charge in [-0.15, -0.1) is 0 Å². The molecule has 2 amide bonds. The number of aliphatic hydroxyl groups is 1. The van der Waals surface area contributed by atoms with E-state index in [9.17, 15) is 14.7 Å². The van der Waals surface area contributed by atoms with E-state index in [-0.39, 0.29) is 23.7 Å². The molecular weight excluding hydrogens is 352 g/mol. The second-order valence-corrected chi connectivity index (χ2v) is 9.15. The molecule has 1 aromatic carbocycles. The zero-order valence-corrected chi connectivity index (χ0v) is 17.1. The fourth-order valence-corrected chi connectivity index (χ4v) is 4.84. The van der Waals surface area contributed by atoms with Crippen LogP contribution in [0.25, 0.3) is 0 Å². The van der Waals surface area contributed by atoms with Crippen LogP contribution >= 0.6 is 0 Å². The molecule has 5 nitrogen and oxygen atoms in total. The molecule has 0 spiro atoms. The predicted octanol–water partition coefficient (Wildman–Crippen LogP) is 2.46. The van der Waals surface area contributed by atoms with Crippen LogP contribution < -0.4 is 0 Å². The molecule has 2 aliphatic heterocycles. The quantitative estimate of drug-likeness (QED) is 0.871. The average Bonchev–Trinajstić information content (AvgIpc) is 2.62. The third kappa shape index (κ3) is 3.69. The van der Waals surface area contributed by atoms with Gasteiger partial charge < -0.3 is 14.9 Å². The molecule has 2 heterocycles. The number of benzene rings is 1. The summed E-state index contributed by atoms with van der Waals surface area (Å²) < 4.78 is 0. The van der Waals surface area contributed by atoms with E-state index in [0.29, 0.717) is 45.4 Å². The van der Waals surface area contributed by atoms with Crippen LogP contribution in [-0.2, 0) is 16.0 Å². The van der Waals surface area contributed by atoms with Gasteiger partial charge in [0.05, 0.1) is 12.0 Å². The van der Waals surface area contributed by atoms with Crippen molar-refractivity contribution in [2.24, 2.45) is 11.8 Å². The van der Waals surface area contributed by atoms with Crippen molar-refractivity contribution < 1.29 is 14.7 Å². The molecule has 1 N–H and O–H groups in total. The average molecular weight is 385 g/mol. The second-order valence-electron chi connectivity index (χ2n) is 9.15. The van der Waals surface area contributed by atoms with Crippen molar-refractivity contribution >= 4 is 11.8 Å². The van der Waals surface area contributed by atoms with E-state index in [0.717, 1.165) is 24.8 Å². The highest BCUT2D eigenvalue weighted by molar-refractivity contribution is 5.80. The van der Waals surface area contributed by atoms with Gasteiger partial charge in [0, 0.05) is 38.0 Å². The zero-order chi connectivity index (χ0) is 19.9. The molecule has 4 rings (SSSR count). The first-order chi connectivity index (χ1) is 13.4. The highest BCUT2D eigenvalue weighted by atomic mass is 16.3. The number of aryl methyl sites for hydroxylation is 2. The van der Waals surface area contributed by atoms with Crippen LogP contribution in [-0.4, -0.2) is 58.5 Å². The number of nitrogens with zero attached hydrogens (tertiary/aromatic N) is 2. The second kappa shape index (κ2) is 7.51. The fraction of sp³-hybridized carbons (Fsp3) is 0.652. The molecular formula is C23H32N2O3. The molecule has 3 fully saturated rings. The summed E-state index contributed by atoms with van der Waals surface area (Å²) in [6, 6.07) is 6.19. The van der Waals surface area contributed by atoms with Gasteiger partial charge in [0.15, 0.2) is 0 Å². The Morgan fingerprint density at radius 2 is 1.75 bits per heavy atom. The predicted molar refractivity (Wildman–Crippen MR) is 108 cm³/mol. The van der Waals surface area contributed by atoms with Crippen molar-refractivity contribution in [3.05, 3.63) is 34.9 Å². The standard InChI is InChI=1S/C23H32N2O3/c1-16-6-7-18(12-17(16)2)13-21(26)24-10-8-23(28)9-11-25(15-20(23)14-24)22(27)19-4-3-5-19/h6-7,12,19-20,28H,3-5,8-11,13-15H2,1-2H3/t20-,23-/m1/s1. The number of rotatable bonds is 3. The maximum absolute atomic E-state index is 12.9. The van der Waals surface area contributed by atoms with Gasteiger partial charge in [0.1, 0.15) is 0 Å². The summed E-state index contributed by atoms with van der Waals surface area (Å²) in [6.07, 6.45) is 4.81. The third-order valence-electron chi connectivity index (χ3n) is 7.32. The van der Waals surface area contributed by atoms with Crippen LogP contribution in [0.5, 0.6) is 0 Å². The number of amides is 2. The zero-order valence-electron chi connectivity index (χ0n) is 17.1. The molecule has 2 atom stereocenters. The number of hydrogen-bond acceptors (Lipinski definition) is 3. The minimum Gasteiger partial charge on any atom is -0.389 e. The minimum atomic E-state index is -0.729. The van der Waals surface area contributed by atoms with E-state index in [4.69, 9.17) is 0 Å². The number of piperidine rings is 2. The van der Waals surface area contributed by atoms with Crippen LogP contribution in [0, 0.1) is 25.7 Å². The molecule has 1 aliphatic carbocycles. The first kappa shape index (κ1) is 19.4. The van der Waals surface area contributed by atoms with Crippen LogP contribution in [0.1, 0.15) is 48.8 Å². The summed E-state index contributed by atoms with van der Waals surface area (Å²) in [7, 11) is 0. The summed E-state index contributed by atoms with van der Waals surface area (Å²) in [4.78, 5) is 29.4. The van der Waals surface area contributed by atoms with Crippen LogP contribution in [0.4, 0.5) is 0 Å². The Hall–Kier alpha value is -1.88. The molecule has 28 heavy (non-hydrogen) atoms. The number of carbonyl (C=O) groups excluding carboxylic acids is 2. The van der Waals surface area contributed by atoms with Crippen molar-refractivity contribution in [2.75, 3.05) is 26.2 Å². The smallest absolute Gasteiger partial charge is 0.227 e. The van der Waals surface area contributed by atoms with Gasteiger partial charge in [-0.2, -0.15) is 0 Å².